The topological polar surface area (TPSA) is 54.0 Å². The second kappa shape index (κ2) is 7.73. The quantitative estimate of drug-likeness (QED) is 0.419. The molecule has 2 aromatic carbocycles. The minimum absolute atomic E-state index is 0.0994. The molecule has 0 spiro atoms. The van der Waals surface area contributed by atoms with Crippen molar-refractivity contribution >= 4 is 101 Å². The Kier molecular flexibility index (Phi) is 5.82. The summed E-state index contributed by atoms with van der Waals surface area (Å²) in [5.41, 5.74) is 0.880. The summed E-state index contributed by atoms with van der Waals surface area (Å²) >= 11 is 28.0. The standard InChI is InChI=1S/C15H7BrCl3N3OS2/c16-6-1-2-8(17)7(5-6)13(23)21-14(24)22-15-20-12-10(25-15)4-3-9(18)11(12)19/h1-5H,(H2,20,21,22,23,24). The third kappa shape index (κ3) is 4.24. The van der Waals surface area contributed by atoms with Crippen LogP contribution in [0.4, 0.5) is 5.13 Å². The molecule has 128 valence electrons. The highest BCUT2D eigenvalue weighted by Crippen LogP contribution is 2.35. The molecule has 1 aromatic heterocycles. The first kappa shape index (κ1) is 18.8. The third-order valence-corrected chi connectivity index (χ3v) is 5.83. The molecule has 0 aliphatic heterocycles. The van der Waals surface area contributed by atoms with Crippen molar-refractivity contribution in [2.45, 2.75) is 0 Å². The molecule has 2 N–H and O–H groups in total. The Labute approximate surface area is 175 Å². The third-order valence-electron chi connectivity index (χ3n) is 3.07. The van der Waals surface area contributed by atoms with E-state index in [1.165, 1.54) is 11.3 Å². The van der Waals surface area contributed by atoms with Gasteiger partial charge in [-0.25, -0.2) is 4.98 Å². The van der Waals surface area contributed by atoms with Crippen LogP contribution in [0.25, 0.3) is 10.2 Å². The first-order valence-corrected chi connectivity index (χ1v) is 9.82. The zero-order chi connectivity index (χ0) is 18.1. The highest BCUT2D eigenvalue weighted by Gasteiger charge is 2.15. The van der Waals surface area contributed by atoms with Gasteiger partial charge in [0.2, 0.25) is 0 Å². The molecule has 0 radical (unpaired) electrons. The van der Waals surface area contributed by atoms with Gasteiger partial charge in [-0.2, -0.15) is 0 Å². The molecule has 25 heavy (non-hydrogen) atoms. The summed E-state index contributed by atoms with van der Waals surface area (Å²) in [5, 5.41) is 7.14. The van der Waals surface area contributed by atoms with Gasteiger partial charge < -0.3 is 5.32 Å². The van der Waals surface area contributed by atoms with Crippen molar-refractivity contribution in [3.8, 4) is 0 Å². The summed E-state index contributed by atoms with van der Waals surface area (Å²) in [4.78, 5) is 16.6. The van der Waals surface area contributed by atoms with Crippen LogP contribution in [0.3, 0.4) is 0 Å². The van der Waals surface area contributed by atoms with Gasteiger partial charge in [0.25, 0.3) is 5.91 Å². The van der Waals surface area contributed by atoms with E-state index < -0.39 is 5.91 Å². The first-order valence-electron chi connectivity index (χ1n) is 6.67. The van der Waals surface area contributed by atoms with E-state index >= 15 is 0 Å². The minimum atomic E-state index is -0.425. The maximum atomic E-state index is 12.3. The number of nitrogens with one attached hydrogen (secondary N) is 2. The van der Waals surface area contributed by atoms with Crippen LogP contribution >= 0.6 is 74.3 Å². The molecule has 1 amide bonds. The monoisotopic (exact) mass is 493 g/mol. The van der Waals surface area contributed by atoms with Gasteiger partial charge in [-0.05, 0) is 42.5 Å². The number of carbonyl (C=O) groups excluding carboxylic acids is 1. The lowest BCUT2D eigenvalue weighted by molar-refractivity contribution is 0.0978. The Hall–Kier alpha value is -0.960. The van der Waals surface area contributed by atoms with Gasteiger partial charge in [0.15, 0.2) is 10.2 Å². The van der Waals surface area contributed by atoms with E-state index in [1.54, 1.807) is 24.3 Å². The van der Waals surface area contributed by atoms with Crippen LogP contribution < -0.4 is 10.6 Å². The van der Waals surface area contributed by atoms with Crippen molar-refractivity contribution in [1.29, 1.82) is 0 Å². The normalized spacial score (nSPS) is 10.7. The SMILES string of the molecule is O=C(NC(=S)Nc1nc2c(Cl)c(Cl)ccc2s1)c1cc(Br)ccc1Cl. The Balaban J connectivity index is 1.75. The zero-order valence-electron chi connectivity index (χ0n) is 12.1. The van der Waals surface area contributed by atoms with Crippen molar-refractivity contribution in [2.24, 2.45) is 0 Å². The van der Waals surface area contributed by atoms with E-state index in [9.17, 15) is 4.79 Å². The summed E-state index contributed by atoms with van der Waals surface area (Å²) in [6.45, 7) is 0. The predicted octanol–water partition coefficient (Wildman–Crippen LogP) is 6.15. The second-order valence-corrected chi connectivity index (χ2v) is 8.31. The maximum absolute atomic E-state index is 12.3. The Morgan fingerprint density at radius 1 is 1.16 bits per heavy atom. The van der Waals surface area contributed by atoms with Crippen molar-refractivity contribution in [1.82, 2.24) is 10.3 Å². The number of hydrogen-bond acceptors (Lipinski definition) is 4. The maximum Gasteiger partial charge on any atom is 0.258 e. The molecular formula is C15H7BrCl3N3OS2. The van der Waals surface area contributed by atoms with Crippen LogP contribution in [0.2, 0.25) is 15.1 Å². The average Bonchev–Trinajstić information content (AvgIpc) is 2.96. The van der Waals surface area contributed by atoms with E-state index in [2.05, 4.69) is 31.5 Å². The van der Waals surface area contributed by atoms with Gasteiger partial charge in [-0.3, -0.25) is 10.1 Å². The number of hydrogen-bond donors (Lipinski definition) is 2. The molecule has 0 aliphatic carbocycles. The fourth-order valence-electron chi connectivity index (χ4n) is 1.96. The molecule has 3 aromatic rings. The molecule has 3 rings (SSSR count). The van der Waals surface area contributed by atoms with Crippen LogP contribution in [0.5, 0.6) is 0 Å². The van der Waals surface area contributed by atoms with Crippen LogP contribution in [0.1, 0.15) is 10.4 Å². The highest BCUT2D eigenvalue weighted by molar-refractivity contribution is 9.10. The van der Waals surface area contributed by atoms with Gasteiger partial charge in [-0.1, -0.05) is 62.1 Å². The van der Waals surface area contributed by atoms with Crippen LogP contribution in [-0.4, -0.2) is 16.0 Å². The number of thiazole rings is 1. The second-order valence-electron chi connectivity index (χ2n) is 4.76. The minimum Gasteiger partial charge on any atom is -0.308 e. The lowest BCUT2D eigenvalue weighted by atomic mass is 10.2. The summed E-state index contributed by atoms with van der Waals surface area (Å²) in [6, 6.07) is 8.49. The van der Waals surface area contributed by atoms with E-state index in [-0.39, 0.29) is 5.11 Å². The average molecular weight is 496 g/mol. The smallest absolute Gasteiger partial charge is 0.258 e. The number of carbonyl (C=O) groups is 1. The molecule has 0 atom stereocenters. The van der Waals surface area contributed by atoms with E-state index in [4.69, 9.17) is 47.0 Å². The molecular weight excluding hydrogens is 489 g/mol. The van der Waals surface area contributed by atoms with Gasteiger partial charge in [0.05, 0.1) is 25.3 Å². The molecule has 0 saturated carbocycles. The van der Waals surface area contributed by atoms with Crippen molar-refractivity contribution < 1.29 is 4.79 Å². The molecule has 1 heterocycles. The molecule has 0 aliphatic rings. The van der Waals surface area contributed by atoms with Crippen LogP contribution in [0.15, 0.2) is 34.8 Å². The zero-order valence-corrected chi connectivity index (χ0v) is 17.6. The van der Waals surface area contributed by atoms with Crippen molar-refractivity contribution in [3.05, 3.63) is 55.4 Å². The van der Waals surface area contributed by atoms with Crippen LogP contribution in [0, 0.1) is 0 Å². The Bertz CT molecular complexity index is 1010. The van der Waals surface area contributed by atoms with E-state index in [1.807, 2.05) is 6.07 Å². The van der Waals surface area contributed by atoms with Gasteiger partial charge in [0.1, 0.15) is 5.52 Å². The number of thiocarbonyl (C=S) groups is 1. The predicted molar refractivity (Wildman–Crippen MR) is 112 cm³/mol. The molecule has 0 saturated heterocycles. The number of nitrogens with zero attached hydrogens (tertiary/aromatic N) is 1. The largest absolute Gasteiger partial charge is 0.308 e. The number of aromatic nitrogens is 1. The first-order chi connectivity index (χ1) is 11.8. The Morgan fingerprint density at radius 3 is 2.64 bits per heavy atom. The lowest BCUT2D eigenvalue weighted by Crippen LogP contribution is -2.34. The summed E-state index contributed by atoms with van der Waals surface area (Å²) in [7, 11) is 0. The van der Waals surface area contributed by atoms with Crippen molar-refractivity contribution in [3.63, 3.8) is 0 Å². The Morgan fingerprint density at radius 2 is 1.88 bits per heavy atom. The number of anilines is 1. The van der Waals surface area contributed by atoms with Crippen LogP contribution in [-0.2, 0) is 0 Å². The number of halogens is 4. The molecule has 10 heteroatoms. The number of benzene rings is 2. The van der Waals surface area contributed by atoms with E-state index in [0.717, 1.165) is 9.17 Å². The van der Waals surface area contributed by atoms with Crippen molar-refractivity contribution in [2.75, 3.05) is 5.32 Å². The number of fused-ring (bicyclic) bond motifs is 1. The van der Waals surface area contributed by atoms with Gasteiger partial charge in [-0.15, -0.1) is 0 Å². The summed E-state index contributed by atoms with van der Waals surface area (Å²) in [5.74, 6) is -0.425. The molecule has 0 bridgehead atoms. The highest BCUT2D eigenvalue weighted by atomic mass is 79.9. The lowest BCUT2D eigenvalue weighted by Gasteiger charge is -2.08. The number of amides is 1. The molecule has 4 nitrogen and oxygen atoms in total. The van der Waals surface area contributed by atoms with Gasteiger partial charge in [0, 0.05) is 4.47 Å². The molecule has 0 unspecified atom stereocenters. The fourth-order valence-corrected chi connectivity index (χ4v) is 4.07. The summed E-state index contributed by atoms with van der Waals surface area (Å²) in [6.07, 6.45) is 0. The fraction of sp³-hybridized carbons (Fsp3) is 0. The molecule has 0 fully saturated rings. The van der Waals surface area contributed by atoms with Gasteiger partial charge >= 0.3 is 0 Å². The van der Waals surface area contributed by atoms with E-state index in [0.29, 0.717) is 31.3 Å². The number of rotatable bonds is 2. The summed E-state index contributed by atoms with van der Waals surface area (Å²) < 4.78 is 1.58.